The minimum atomic E-state index is -0.866. The molecule has 0 aromatic heterocycles. The Morgan fingerprint density at radius 3 is 2.35 bits per heavy atom. The van der Waals surface area contributed by atoms with Crippen LogP contribution >= 0.6 is 0 Å². The van der Waals surface area contributed by atoms with Crippen LogP contribution in [-0.4, -0.2) is 42.3 Å². The van der Waals surface area contributed by atoms with Crippen molar-refractivity contribution in [2.45, 2.75) is 0 Å². The molecule has 1 aromatic rings. The largest absolute Gasteiger partial charge is 0.465 e. The zero-order valence-electron chi connectivity index (χ0n) is 9.47. The number of nitrogens with zero attached hydrogens (tertiary/aromatic N) is 2. The van der Waals surface area contributed by atoms with Crippen LogP contribution in [0.2, 0.25) is 0 Å². The Bertz CT molecular complexity index is 427. The van der Waals surface area contributed by atoms with Crippen molar-refractivity contribution in [2.24, 2.45) is 0 Å². The Hall–Kier alpha value is -2.11. The Labute approximate surface area is 99.4 Å². The van der Waals surface area contributed by atoms with Crippen LogP contribution in [0.1, 0.15) is 0 Å². The van der Waals surface area contributed by atoms with Crippen LogP contribution in [0.15, 0.2) is 18.2 Å². The van der Waals surface area contributed by atoms with Crippen molar-refractivity contribution in [1.82, 2.24) is 4.90 Å². The van der Waals surface area contributed by atoms with Crippen LogP contribution in [-0.2, 0) is 0 Å². The highest BCUT2D eigenvalue weighted by atomic mass is 16.4. The quantitative estimate of drug-likeness (QED) is 0.622. The summed E-state index contributed by atoms with van der Waals surface area (Å²) in [6.45, 7) is 2.30. The van der Waals surface area contributed by atoms with E-state index < -0.39 is 6.09 Å². The van der Waals surface area contributed by atoms with Crippen molar-refractivity contribution < 1.29 is 9.90 Å². The van der Waals surface area contributed by atoms with Gasteiger partial charge >= 0.3 is 6.09 Å². The van der Waals surface area contributed by atoms with Gasteiger partial charge in [-0.05, 0) is 18.2 Å². The summed E-state index contributed by atoms with van der Waals surface area (Å²) in [5.74, 6) is 0. The SMILES string of the molecule is Nc1ccc(N2CCN(C(=O)O)CC2)c(N)c1. The van der Waals surface area contributed by atoms with Gasteiger partial charge in [0.1, 0.15) is 0 Å². The Morgan fingerprint density at radius 1 is 1.18 bits per heavy atom. The summed E-state index contributed by atoms with van der Waals surface area (Å²) >= 11 is 0. The highest BCUT2D eigenvalue weighted by molar-refractivity contribution is 5.72. The molecule has 0 radical (unpaired) electrons. The average Bonchev–Trinajstić information content (AvgIpc) is 2.29. The van der Waals surface area contributed by atoms with E-state index in [4.69, 9.17) is 16.6 Å². The first kappa shape index (κ1) is 11.4. The van der Waals surface area contributed by atoms with Gasteiger partial charge in [-0.25, -0.2) is 4.79 Å². The van der Waals surface area contributed by atoms with Crippen LogP contribution < -0.4 is 16.4 Å². The highest BCUT2D eigenvalue weighted by Crippen LogP contribution is 2.26. The van der Waals surface area contributed by atoms with E-state index in [0.29, 0.717) is 37.6 Å². The summed E-state index contributed by atoms with van der Waals surface area (Å²) in [7, 11) is 0. The molecule has 0 aliphatic carbocycles. The zero-order chi connectivity index (χ0) is 12.4. The molecule has 0 saturated carbocycles. The fourth-order valence-electron chi connectivity index (χ4n) is 2.00. The third kappa shape index (κ3) is 2.35. The number of carboxylic acid groups (broad SMARTS) is 1. The number of anilines is 3. The number of hydrogen-bond donors (Lipinski definition) is 3. The molecule has 1 heterocycles. The van der Waals surface area contributed by atoms with E-state index in [1.165, 1.54) is 4.90 Å². The molecule has 1 aliphatic heterocycles. The number of nitrogen functional groups attached to an aromatic ring is 2. The van der Waals surface area contributed by atoms with E-state index in [0.717, 1.165) is 5.69 Å². The van der Waals surface area contributed by atoms with Gasteiger partial charge in [0.15, 0.2) is 0 Å². The van der Waals surface area contributed by atoms with Crippen LogP contribution in [0.25, 0.3) is 0 Å². The third-order valence-electron chi connectivity index (χ3n) is 2.94. The smallest absolute Gasteiger partial charge is 0.407 e. The summed E-state index contributed by atoms with van der Waals surface area (Å²) in [4.78, 5) is 14.3. The summed E-state index contributed by atoms with van der Waals surface area (Å²) in [6.07, 6.45) is -0.866. The van der Waals surface area contributed by atoms with E-state index >= 15 is 0 Å². The van der Waals surface area contributed by atoms with Crippen molar-refractivity contribution in [3.63, 3.8) is 0 Å². The van der Waals surface area contributed by atoms with Gasteiger partial charge in [0, 0.05) is 31.9 Å². The number of benzene rings is 1. The monoisotopic (exact) mass is 236 g/mol. The van der Waals surface area contributed by atoms with Gasteiger partial charge in [0.25, 0.3) is 0 Å². The molecule has 0 spiro atoms. The number of nitrogens with two attached hydrogens (primary N) is 2. The Morgan fingerprint density at radius 2 is 1.82 bits per heavy atom. The van der Waals surface area contributed by atoms with E-state index in [2.05, 4.69) is 4.90 Å². The van der Waals surface area contributed by atoms with Crippen LogP contribution in [0.5, 0.6) is 0 Å². The summed E-state index contributed by atoms with van der Waals surface area (Å²) in [5, 5.41) is 8.85. The maximum atomic E-state index is 10.8. The predicted octanol–water partition coefficient (Wildman–Crippen LogP) is 0.651. The highest BCUT2D eigenvalue weighted by Gasteiger charge is 2.21. The first-order valence-corrected chi connectivity index (χ1v) is 5.46. The number of piperazine rings is 1. The lowest BCUT2D eigenvalue weighted by molar-refractivity contribution is 0.142. The van der Waals surface area contributed by atoms with Crippen molar-refractivity contribution in [1.29, 1.82) is 0 Å². The molecular formula is C11H16N4O2. The molecule has 1 fully saturated rings. The first-order chi connectivity index (χ1) is 8.08. The van der Waals surface area contributed by atoms with Crippen molar-refractivity contribution in [3.05, 3.63) is 18.2 Å². The maximum absolute atomic E-state index is 10.8. The molecule has 0 unspecified atom stereocenters. The second-order valence-electron chi connectivity index (χ2n) is 4.07. The molecule has 2 rings (SSSR count). The maximum Gasteiger partial charge on any atom is 0.407 e. The van der Waals surface area contributed by atoms with Gasteiger partial charge in [-0.3, -0.25) is 0 Å². The molecule has 0 bridgehead atoms. The van der Waals surface area contributed by atoms with Crippen molar-refractivity contribution >= 4 is 23.2 Å². The molecule has 0 atom stereocenters. The average molecular weight is 236 g/mol. The van der Waals surface area contributed by atoms with E-state index in [9.17, 15) is 4.79 Å². The Balaban J connectivity index is 2.08. The normalized spacial score (nSPS) is 16.0. The number of carbonyl (C=O) groups is 1. The molecule has 5 N–H and O–H groups in total. The van der Waals surface area contributed by atoms with Gasteiger partial charge in [-0.15, -0.1) is 0 Å². The minimum Gasteiger partial charge on any atom is -0.465 e. The molecule has 1 amide bonds. The number of hydrogen-bond acceptors (Lipinski definition) is 4. The van der Waals surface area contributed by atoms with Crippen LogP contribution in [0.3, 0.4) is 0 Å². The van der Waals surface area contributed by atoms with Gasteiger partial charge in [-0.1, -0.05) is 0 Å². The van der Waals surface area contributed by atoms with Gasteiger partial charge in [0.05, 0.1) is 11.4 Å². The molecule has 6 nitrogen and oxygen atoms in total. The Kier molecular flexibility index (Phi) is 2.95. The van der Waals surface area contributed by atoms with Crippen molar-refractivity contribution in [2.75, 3.05) is 42.5 Å². The molecule has 6 heteroatoms. The topological polar surface area (TPSA) is 95.8 Å². The van der Waals surface area contributed by atoms with E-state index in [1.54, 1.807) is 12.1 Å². The third-order valence-corrected chi connectivity index (χ3v) is 2.94. The van der Waals surface area contributed by atoms with Crippen LogP contribution in [0.4, 0.5) is 21.9 Å². The standard InChI is InChI=1S/C11H16N4O2/c12-8-1-2-10(9(13)7-8)14-3-5-15(6-4-14)11(16)17/h1-2,7H,3-6,12-13H2,(H,16,17). The predicted molar refractivity (Wildman–Crippen MR) is 67.1 cm³/mol. The molecule has 17 heavy (non-hydrogen) atoms. The number of rotatable bonds is 1. The summed E-state index contributed by atoms with van der Waals surface area (Å²) in [5.41, 5.74) is 13.7. The first-order valence-electron chi connectivity index (χ1n) is 5.46. The van der Waals surface area contributed by atoms with Gasteiger partial charge in [-0.2, -0.15) is 0 Å². The molecule has 1 aromatic carbocycles. The van der Waals surface area contributed by atoms with E-state index in [-0.39, 0.29) is 0 Å². The van der Waals surface area contributed by atoms with E-state index in [1.807, 2.05) is 6.07 Å². The lowest BCUT2D eigenvalue weighted by atomic mass is 10.2. The summed E-state index contributed by atoms with van der Waals surface area (Å²) < 4.78 is 0. The fraction of sp³-hybridized carbons (Fsp3) is 0.364. The second-order valence-corrected chi connectivity index (χ2v) is 4.07. The lowest BCUT2D eigenvalue weighted by Crippen LogP contribution is -2.48. The molecule has 92 valence electrons. The zero-order valence-corrected chi connectivity index (χ0v) is 9.47. The number of amides is 1. The van der Waals surface area contributed by atoms with Crippen LogP contribution in [0, 0.1) is 0 Å². The second kappa shape index (κ2) is 4.40. The molecule has 1 saturated heterocycles. The summed E-state index contributed by atoms with van der Waals surface area (Å²) in [6, 6.07) is 5.40. The minimum absolute atomic E-state index is 0.499. The molecular weight excluding hydrogens is 220 g/mol. The van der Waals surface area contributed by atoms with Gasteiger partial charge in [0.2, 0.25) is 0 Å². The lowest BCUT2D eigenvalue weighted by Gasteiger charge is -2.35. The van der Waals surface area contributed by atoms with Gasteiger partial charge < -0.3 is 26.4 Å². The fourth-order valence-corrected chi connectivity index (χ4v) is 2.00. The van der Waals surface area contributed by atoms with Crippen molar-refractivity contribution in [3.8, 4) is 0 Å². The molecule has 1 aliphatic rings.